The molecular weight excluding hydrogens is 290 g/mol. The van der Waals surface area contributed by atoms with Crippen molar-refractivity contribution in [1.29, 1.82) is 0 Å². The fourth-order valence-electron chi connectivity index (χ4n) is 5.17. The average molecular weight is 313 g/mol. The van der Waals surface area contributed by atoms with Crippen molar-refractivity contribution < 1.29 is 18.0 Å². The topological polar surface area (TPSA) is 80.3 Å². The maximum atomic E-state index is 12.5. The van der Waals surface area contributed by atoms with Gasteiger partial charge in [0, 0.05) is 24.0 Å². The van der Waals surface area contributed by atoms with Gasteiger partial charge in [-0.3, -0.25) is 14.9 Å². The van der Waals surface area contributed by atoms with Gasteiger partial charge in [0.15, 0.2) is 9.84 Å². The molecule has 2 amide bonds. The molecule has 3 unspecified atom stereocenters. The second-order valence-corrected chi connectivity index (χ2v) is 9.28. The minimum atomic E-state index is -3.25. The summed E-state index contributed by atoms with van der Waals surface area (Å²) in [7, 11) is -3.25. The smallest absolute Gasteiger partial charge is 0.230 e. The van der Waals surface area contributed by atoms with Gasteiger partial charge in [0.05, 0.1) is 5.25 Å². The van der Waals surface area contributed by atoms with E-state index in [9.17, 15) is 18.0 Å². The Morgan fingerprint density at radius 1 is 1.10 bits per heavy atom. The number of piperidine rings is 1. The van der Waals surface area contributed by atoms with E-state index in [2.05, 4.69) is 5.32 Å². The maximum Gasteiger partial charge on any atom is 0.230 e. The fourth-order valence-corrected chi connectivity index (χ4v) is 6.96. The second-order valence-electron chi connectivity index (χ2n) is 7.05. The molecule has 0 aromatic carbocycles. The van der Waals surface area contributed by atoms with Crippen molar-refractivity contribution in [2.75, 3.05) is 6.26 Å². The number of hydrogen-bond donors (Lipinski definition) is 1. The molecule has 1 aliphatic heterocycles. The van der Waals surface area contributed by atoms with Gasteiger partial charge in [-0.15, -0.1) is 0 Å². The molecule has 1 spiro atoms. The molecule has 21 heavy (non-hydrogen) atoms. The highest BCUT2D eigenvalue weighted by Gasteiger charge is 2.60. The van der Waals surface area contributed by atoms with Crippen LogP contribution in [0.15, 0.2) is 0 Å². The molecule has 5 nitrogen and oxygen atoms in total. The Morgan fingerprint density at radius 2 is 1.76 bits per heavy atom. The van der Waals surface area contributed by atoms with Gasteiger partial charge >= 0.3 is 0 Å². The lowest BCUT2D eigenvalue weighted by molar-refractivity contribution is -0.146. The summed E-state index contributed by atoms with van der Waals surface area (Å²) in [5.74, 6) is -0.598. The van der Waals surface area contributed by atoms with Crippen LogP contribution in [0, 0.1) is 17.3 Å². The van der Waals surface area contributed by atoms with Gasteiger partial charge in [-0.2, -0.15) is 0 Å². The van der Waals surface area contributed by atoms with E-state index in [4.69, 9.17) is 0 Å². The molecule has 2 saturated carbocycles. The number of imide groups is 1. The maximum absolute atomic E-state index is 12.5. The summed E-state index contributed by atoms with van der Waals surface area (Å²) in [6.07, 6.45) is 7.67. The van der Waals surface area contributed by atoms with Gasteiger partial charge < -0.3 is 0 Å². The Kier molecular flexibility index (Phi) is 3.62. The molecule has 3 fully saturated rings. The molecule has 1 heterocycles. The van der Waals surface area contributed by atoms with Crippen molar-refractivity contribution in [2.24, 2.45) is 17.3 Å². The molecule has 3 aliphatic rings. The van der Waals surface area contributed by atoms with Crippen molar-refractivity contribution in [1.82, 2.24) is 5.32 Å². The molecule has 2 aliphatic carbocycles. The normalized spacial score (nSPS) is 38.1. The van der Waals surface area contributed by atoms with Gasteiger partial charge in [0.25, 0.3) is 0 Å². The van der Waals surface area contributed by atoms with Crippen molar-refractivity contribution in [3.63, 3.8) is 0 Å². The molecule has 6 heteroatoms. The highest BCUT2D eigenvalue weighted by molar-refractivity contribution is 7.91. The van der Waals surface area contributed by atoms with E-state index in [-0.39, 0.29) is 30.1 Å². The second kappa shape index (κ2) is 5.07. The predicted molar refractivity (Wildman–Crippen MR) is 78.1 cm³/mol. The van der Waals surface area contributed by atoms with Crippen LogP contribution in [-0.2, 0) is 19.4 Å². The van der Waals surface area contributed by atoms with Crippen LogP contribution in [0.25, 0.3) is 0 Å². The predicted octanol–water partition coefficient (Wildman–Crippen LogP) is 1.42. The fraction of sp³-hybridized carbons (Fsp3) is 0.867. The number of carbonyl (C=O) groups is 2. The zero-order chi connectivity index (χ0) is 15.3. The third kappa shape index (κ3) is 2.41. The molecular formula is C15H23NO4S. The van der Waals surface area contributed by atoms with Crippen molar-refractivity contribution in [3.8, 4) is 0 Å². The monoisotopic (exact) mass is 313 g/mol. The number of nitrogens with one attached hydrogen (secondary N) is 1. The van der Waals surface area contributed by atoms with Gasteiger partial charge in [-0.1, -0.05) is 19.3 Å². The Hall–Kier alpha value is -0.910. The van der Waals surface area contributed by atoms with Gasteiger partial charge in [0.2, 0.25) is 11.8 Å². The summed E-state index contributed by atoms with van der Waals surface area (Å²) in [5, 5.41) is 1.92. The van der Waals surface area contributed by atoms with Crippen LogP contribution in [0.4, 0.5) is 0 Å². The van der Waals surface area contributed by atoms with Crippen LogP contribution in [-0.4, -0.2) is 31.7 Å². The van der Waals surface area contributed by atoms with Crippen LogP contribution in [0.2, 0.25) is 0 Å². The Balaban J connectivity index is 2.05. The van der Waals surface area contributed by atoms with E-state index in [0.717, 1.165) is 32.1 Å². The molecule has 0 aromatic heterocycles. The zero-order valence-corrected chi connectivity index (χ0v) is 13.2. The summed E-state index contributed by atoms with van der Waals surface area (Å²) in [4.78, 5) is 24.4. The van der Waals surface area contributed by atoms with Crippen molar-refractivity contribution in [2.45, 2.75) is 56.6 Å². The van der Waals surface area contributed by atoms with Crippen molar-refractivity contribution in [3.05, 3.63) is 0 Å². The Morgan fingerprint density at radius 3 is 2.38 bits per heavy atom. The number of amides is 2. The van der Waals surface area contributed by atoms with Crippen LogP contribution in [0.3, 0.4) is 0 Å². The van der Waals surface area contributed by atoms with Gasteiger partial charge in [0.1, 0.15) is 0 Å². The minimum Gasteiger partial charge on any atom is -0.296 e. The molecule has 0 radical (unpaired) electrons. The SMILES string of the molecule is CS(=O)(=O)C1CCCC12CC(=O)NC(=O)C2C1CCCC1. The van der Waals surface area contributed by atoms with E-state index < -0.39 is 20.5 Å². The summed E-state index contributed by atoms with van der Waals surface area (Å²) in [6, 6.07) is 0. The van der Waals surface area contributed by atoms with Gasteiger partial charge in [-0.05, 0) is 31.6 Å². The molecule has 0 aromatic rings. The number of hydrogen-bond acceptors (Lipinski definition) is 4. The quantitative estimate of drug-likeness (QED) is 0.782. The summed E-state index contributed by atoms with van der Waals surface area (Å²) in [6.45, 7) is 0. The molecule has 3 rings (SSSR count). The standard InChI is InChI=1S/C15H23NO4S/c1-21(19,20)11-7-4-8-15(11)9-12(17)16-14(18)13(15)10-5-2-3-6-10/h10-11,13H,2-9H2,1H3,(H,16,17,18). The van der Waals surface area contributed by atoms with Crippen LogP contribution in [0.5, 0.6) is 0 Å². The van der Waals surface area contributed by atoms with E-state index >= 15 is 0 Å². The lowest BCUT2D eigenvalue weighted by Gasteiger charge is -2.45. The van der Waals surface area contributed by atoms with E-state index in [1.807, 2.05) is 0 Å². The first-order valence-electron chi connectivity index (χ1n) is 7.87. The highest BCUT2D eigenvalue weighted by atomic mass is 32.2. The van der Waals surface area contributed by atoms with Gasteiger partial charge in [-0.25, -0.2) is 8.42 Å². The molecule has 0 bridgehead atoms. The van der Waals surface area contributed by atoms with E-state index in [1.165, 1.54) is 6.26 Å². The lowest BCUT2D eigenvalue weighted by Crippen LogP contribution is -2.58. The first kappa shape index (κ1) is 15.0. The van der Waals surface area contributed by atoms with E-state index in [1.54, 1.807) is 0 Å². The largest absolute Gasteiger partial charge is 0.296 e. The number of rotatable bonds is 2. The number of sulfone groups is 1. The average Bonchev–Trinajstić information content (AvgIpc) is 2.97. The molecule has 3 atom stereocenters. The highest BCUT2D eigenvalue weighted by Crippen LogP contribution is 2.56. The first-order chi connectivity index (χ1) is 9.84. The van der Waals surface area contributed by atoms with Crippen LogP contribution < -0.4 is 5.32 Å². The number of carbonyl (C=O) groups excluding carboxylic acids is 2. The zero-order valence-electron chi connectivity index (χ0n) is 12.4. The Labute approximate surface area is 125 Å². The van der Waals surface area contributed by atoms with Crippen LogP contribution >= 0.6 is 0 Å². The third-order valence-corrected chi connectivity index (χ3v) is 7.53. The minimum absolute atomic E-state index is 0.192. The third-order valence-electron chi connectivity index (χ3n) is 5.79. The molecule has 118 valence electrons. The molecule has 1 N–H and O–H groups in total. The summed E-state index contributed by atoms with van der Waals surface area (Å²) >= 11 is 0. The lowest BCUT2D eigenvalue weighted by atomic mass is 9.63. The van der Waals surface area contributed by atoms with E-state index in [0.29, 0.717) is 12.8 Å². The Bertz CT molecular complexity index is 564. The molecule has 1 saturated heterocycles. The summed E-state index contributed by atoms with van der Waals surface area (Å²) < 4.78 is 24.5. The summed E-state index contributed by atoms with van der Waals surface area (Å²) in [5.41, 5.74) is -0.651. The first-order valence-corrected chi connectivity index (χ1v) is 9.82. The van der Waals surface area contributed by atoms with Crippen LogP contribution in [0.1, 0.15) is 51.4 Å². The van der Waals surface area contributed by atoms with Crippen molar-refractivity contribution >= 4 is 21.7 Å².